The van der Waals surface area contributed by atoms with E-state index in [1.165, 1.54) is 10.7 Å². The molecule has 4 aromatic rings. The van der Waals surface area contributed by atoms with Gasteiger partial charge < -0.3 is 11.1 Å². The number of nitrogens with one attached hydrogen (secondary N) is 1. The molecule has 4 heterocycles. The largest absolute Gasteiger partial charge is 0.383 e. The van der Waals surface area contributed by atoms with Crippen molar-refractivity contribution in [3.63, 3.8) is 0 Å². The Kier molecular flexibility index (Phi) is 5.54. The zero-order valence-corrected chi connectivity index (χ0v) is 17.9. The third-order valence-electron chi connectivity index (χ3n) is 5.64. The molecular weight excluding hydrogens is 433 g/mol. The van der Waals surface area contributed by atoms with Gasteiger partial charge in [0.25, 0.3) is 0 Å². The predicted molar refractivity (Wildman–Crippen MR) is 119 cm³/mol. The number of benzene rings is 1. The van der Waals surface area contributed by atoms with Gasteiger partial charge in [-0.1, -0.05) is 17.7 Å². The van der Waals surface area contributed by atoms with E-state index in [4.69, 9.17) is 17.3 Å². The Morgan fingerprint density at radius 3 is 2.97 bits per heavy atom. The van der Waals surface area contributed by atoms with E-state index in [0.29, 0.717) is 11.6 Å². The molecule has 0 spiro atoms. The van der Waals surface area contributed by atoms with E-state index in [1.807, 2.05) is 23.1 Å². The highest BCUT2D eigenvalue weighted by molar-refractivity contribution is 6.30. The molecule has 0 aliphatic carbocycles. The van der Waals surface area contributed by atoms with E-state index in [2.05, 4.69) is 30.9 Å². The molecule has 0 amide bonds. The van der Waals surface area contributed by atoms with Crippen molar-refractivity contribution in [2.45, 2.75) is 25.3 Å². The molecule has 1 aromatic carbocycles. The third kappa shape index (κ3) is 3.82. The van der Waals surface area contributed by atoms with Crippen molar-refractivity contribution in [2.24, 2.45) is 0 Å². The number of hydrogen-bond acceptors (Lipinski definition) is 7. The summed E-state index contributed by atoms with van der Waals surface area (Å²) in [7, 11) is 0. The third-order valence-corrected chi connectivity index (χ3v) is 5.93. The number of nitrogens with zero attached hydrogens (tertiary/aromatic N) is 7. The maximum absolute atomic E-state index is 14.6. The summed E-state index contributed by atoms with van der Waals surface area (Å²) < 4.78 is 17.9. The molecule has 0 bridgehead atoms. The van der Waals surface area contributed by atoms with Gasteiger partial charge in [-0.15, -0.1) is 5.10 Å². The minimum absolute atomic E-state index is 0.0232. The van der Waals surface area contributed by atoms with Crippen LogP contribution in [-0.4, -0.2) is 48.1 Å². The number of hydrogen-bond donors (Lipinski definition) is 2. The lowest BCUT2D eigenvalue weighted by Crippen LogP contribution is -2.15. The number of halogens is 2. The van der Waals surface area contributed by atoms with E-state index in [9.17, 15) is 4.39 Å². The van der Waals surface area contributed by atoms with Crippen LogP contribution < -0.4 is 11.1 Å². The average molecular weight is 454 g/mol. The van der Waals surface area contributed by atoms with E-state index >= 15 is 0 Å². The van der Waals surface area contributed by atoms with Crippen LogP contribution in [0, 0.1) is 5.82 Å². The van der Waals surface area contributed by atoms with Crippen LogP contribution in [0.1, 0.15) is 25.3 Å². The second-order valence-electron chi connectivity index (χ2n) is 7.69. The van der Waals surface area contributed by atoms with E-state index < -0.39 is 5.82 Å². The lowest BCUT2D eigenvalue weighted by Gasteiger charge is -2.13. The van der Waals surface area contributed by atoms with Crippen LogP contribution in [0.5, 0.6) is 0 Å². The maximum Gasteiger partial charge on any atom is 0.190 e. The van der Waals surface area contributed by atoms with Crippen molar-refractivity contribution in [3.8, 4) is 28.2 Å². The van der Waals surface area contributed by atoms with Crippen molar-refractivity contribution >= 4 is 17.4 Å². The summed E-state index contributed by atoms with van der Waals surface area (Å²) in [5.74, 6) is -0.126. The molecule has 164 valence electrons. The van der Waals surface area contributed by atoms with Crippen LogP contribution in [0.25, 0.3) is 28.2 Å². The van der Waals surface area contributed by atoms with Gasteiger partial charge in [0.15, 0.2) is 11.6 Å². The molecule has 1 fully saturated rings. The molecule has 9 nitrogen and oxygen atoms in total. The molecule has 0 radical (unpaired) electrons. The van der Waals surface area contributed by atoms with E-state index in [-0.39, 0.29) is 22.4 Å². The summed E-state index contributed by atoms with van der Waals surface area (Å²) in [4.78, 5) is 4.33. The first-order valence-electron chi connectivity index (χ1n) is 10.4. The highest BCUT2D eigenvalue weighted by atomic mass is 35.5. The molecule has 11 heteroatoms. The molecule has 1 saturated heterocycles. The molecule has 0 saturated carbocycles. The number of anilines is 1. The van der Waals surface area contributed by atoms with Gasteiger partial charge in [0.05, 0.1) is 22.8 Å². The predicted octanol–water partition coefficient (Wildman–Crippen LogP) is 3.28. The van der Waals surface area contributed by atoms with Gasteiger partial charge in [-0.3, -0.25) is 4.68 Å². The molecule has 5 rings (SSSR count). The second-order valence-corrected chi connectivity index (χ2v) is 8.09. The molecular formula is C21H21ClFN9. The number of nitrogens with two attached hydrogens (primary N) is 1. The van der Waals surface area contributed by atoms with Crippen molar-refractivity contribution in [1.82, 2.24) is 40.3 Å². The Hall–Kier alpha value is -3.37. The second kappa shape index (κ2) is 8.64. The summed E-state index contributed by atoms with van der Waals surface area (Å²) in [6.07, 6.45) is 8.76. The Bertz CT molecular complexity index is 1240. The van der Waals surface area contributed by atoms with Gasteiger partial charge >= 0.3 is 0 Å². The summed E-state index contributed by atoms with van der Waals surface area (Å²) in [5.41, 5.74) is 8.47. The number of rotatable bonds is 4. The van der Waals surface area contributed by atoms with Gasteiger partial charge in [-0.05, 0) is 61.0 Å². The monoisotopic (exact) mass is 453 g/mol. The first-order chi connectivity index (χ1) is 15.6. The molecule has 1 atom stereocenters. The fourth-order valence-electron chi connectivity index (χ4n) is 3.94. The van der Waals surface area contributed by atoms with Crippen LogP contribution >= 0.6 is 11.6 Å². The van der Waals surface area contributed by atoms with Gasteiger partial charge in [-0.25, -0.2) is 9.37 Å². The fraction of sp³-hybridized carbons (Fsp3) is 0.286. The lowest BCUT2D eigenvalue weighted by atomic mass is 10.1. The summed E-state index contributed by atoms with van der Waals surface area (Å²) in [5, 5.41) is 19.7. The van der Waals surface area contributed by atoms with Crippen LogP contribution in [0.4, 0.5) is 10.2 Å². The zero-order valence-electron chi connectivity index (χ0n) is 17.1. The highest BCUT2D eigenvalue weighted by Crippen LogP contribution is 2.31. The Balaban J connectivity index is 1.51. The molecule has 3 N–H and O–H groups in total. The van der Waals surface area contributed by atoms with Gasteiger partial charge in [0.2, 0.25) is 0 Å². The summed E-state index contributed by atoms with van der Waals surface area (Å²) in [6.45, 7) is 2.02. The van der Waals surface area contributed by atoms with Crippen molar-refractivity contribution < 1.29 is 4.39 Å². The van der Waals surface area contributed by atoms with E-state index in [0.717, 1.165) is 43.5 Å². The normalized spacial score (nSPS) is 16.8. The molecule has 32 heavy (non-hydrogen) atoms. The number of tetrazole rings is 1. The topological polar surface area (TPSA) is 112 Å². The first-order valence-corrected chi connectivity index (χ1v) is 10.7. The molecule has 1 aliphatic rings. The maximum atomic E-state index is 14.6. The van der Waals surface area contributed by atoms with E-state index in [1.54, 1.807) is 18.3 Å². The Labute approximate surface area is 188 Å². The Morgan fingerprint density at radius 1 is 1.16 bits per heavy atom. The number of aromatic nitrogens is 7. The van der Waals surface area contributed by atoms with Gasteiger partial charge in [0, 0.05) is 23.5 Å². The fourth-order valence-corrected chi connectivity index (χ4v) is 4.11. The summed E-state index contributed by atoms with van der Waals surface area (Å²) >= 11 is 5.94. The van der Waals surface area contributed by atoms with Crippen molar-refractivity contribution in [1.29, 1.82) is 0 Å². The number of pyridine rings is 1. The van der Waals surface area contributed by atoms with Gasteiger partial charge in [-0.2, -0.15) is 9.78 Å². The number of nitrogen functional groups attached to an aromatic ring is 1. The lowest BCUT2D eigenvalue weighted by molar-refractivity contribution is 0.414. The average Bonchev–Trinajstić information content (AvgIpc) is 3.40. The minimum Gasteiger partial charge on any atom is -0.383 e. The van der Waals surface area contributed by atoms with Crippen LogP contribution in [0.3, 0.4) is 0 Å². The SMILES string of the molecule is Nc1ncc(-c2cnn(C3CCCNCC3)c2)cc1-c1nnnn1-c1cccc(Cl)c1F. The van der Waals surface area contributed by atoms with Crippen molar-refractivity contribution in [2.75, 3.05) is 18.8 Å². The highest BCUT2D eigenvalue weighted by Gasteiger charge is 2.20. The van der Waals surface area contributed by atoms with Crippen LogP contribution in [0.2, 0.25) is 5.02 Å². The quantitative estimate of drug-likeness (QED) is 0.487. The molecule has 1 unspecified atom stereocenters. The zero-order chi connectivity index (χ0) is 22.1. The molecule has 1 aliphatic heterocycles. The van der Waals surface area contributed by atoms with Crippen molar-refractivity contribution in [3.05, 3.63) is 53.7 Å². The smallest absolute Gasteiger partial charge is 0.190 e. The van der Waals surface area contributed by atoms with Crippen LogP contribution in [0.15, 0.2) is 42.9 Å². The summed E-state index contributed by atoms with van der Waals surface area (Å²) in [6, 6.07) is 6.83. The first kappa shape index (κ1) is 20.5. The Morgan fingerprint density at radius 2 is 2.06 bits per heavy atom. The minimum atomic E-state index is -0.621. The van der Waals surface area contributed by atoms with Crippen LogP contribution in [-0.2, 0) is 0 Å². The molecule has 3 aromatic heterocycles. The standard InChI is InChI=1S/C21H21ClFN9/c22-17-4-1-5-18(19(17)23)32-21(28-29-30-32)16-9-13(10-26-20(16)24)14-11-27-31(12-14)15-3-2-7-25-8-6-15/h1,4-5,9-12,15,25H,2-3,6-8H2,(H2,24,26). The van der Waals surface area contributed by atoms with Gasteiger partial charge in [0.1, 0.15) is 11.5 Å².